The lowest BCUT2D eigenvalue weighted by Crippen LogP contribution is -2.64. The number of amides is 1. The van der Waals surface area contributed by atoms with E-state index in [-0.39, 0.29) is 150 Å². The van der Waals surface area contributed by atoms with Gasteiger partial charge in [-0.1, -0.05) is 107 Å². The number of methoxy groups -OCH3 is 1. The topological polar surface area (TPSA) is 541 Å². The number of phosphoric acid groups is 4. The summed E-state index contributed by atoms with van der Waals surface area (Å²) < 4.78 is 156. The summed E-state index contributed by atoms with van der Waals surface area (Å²) in [5.41, 5.74) is -1.50. The number of rotatable bonds is 69. The highest BCUT2D eigenvalue weighted by atomic mass is 31.2. The Balaban J connectivity index is 0.0000251. The molecule has 3 aliphatic heterocycles. The number of hydrogen-bond donors (Lipinski definition) is 12. The Morgan fingerprint density at radius 1 is 0.412 bits per heavy atom. The Morgan fingerprint density at radius 2 is 0.754 bits per heavy atom. The number of carbonyl (C=O) groups excluding carboxylic acids is 1. The molecular formula is C72H147NO37P4-2. The van der Waals surface area contributed by atoms with E-state index < -0.39 is 149 Å². The Morgan fingerprint density at radius 3 is 1.18 bits per heavy atom. The molecule has 0 spiro atoms. The highest BCUT2D eigenvalue weighted by molar-refractivity contribution is 7.47. The molecule has 12 unspecified atom stereocenters. The van der Waals surface area contributed by atoms with Crippen LogP contribution in [0.1, 0.15) is 191 Å². The van der Waals surface area contributed by atoms with E-state index in [1.807, 2.05) is 41.5 Å². The first-order valence-corrected chi connectivity index (χ1v) is 46.1. The van der Waals surface area contributed by atoms with Crippen molar-refractivity contribution in [3.63, 3.8) is 0 Å². The van der Waals surface area contributed by atoms with Crippen LogP contribution in [0.2, 0.25) is 0 Å². The quantitative estimate of drug-likeness (QED) is 0.0265. The van der Waals surface area contributed by atoms with Crippen LogP contribution in [-0.4, -0.2) is 301 Å². The molecule has 3 rings (SSSR count). The van der Waals surface area contributed by atoms with Crippen LogP contribution >= 0.6 is 31.3 Å². The maximum atomic E-state index is 13.4. The summed E-state index contributed by atoms with van der Waals surface area (Å²) in [4.78, 5) is 58.8. The van der Waals surface area contributed by atoms with E-state index in [2.05, 4.69) is 5.32 Å². The van der Waals surface area contributed by atoms with Crippen LogP contribution in [-0.2, 0) is 111 Å². The van der Waals surface area contributed by atoms with E-state index in [1.165, 1.54) is 6.92 Å². The predicted molar refractivity (Wildman–Crippen MR) is 413 cm³/mol. The SMILES string of the molecule is C.CC.CC.COCCCOCC(CO)CCCCCOP(=O)([O-])OCC(COCCCOP(=O)([O-])OCCCCCCO[C@@H]1OC(CO)[C@H](O)[C@H](O)C1NC(C)=O)(COCCCOP(=O)(O)OCCCCCCO[C@@H]1OC(CO)[C@H](O)[C@H](C)C1C)COCCCOP(=O)(O)OCCCCCCO[C@@H]1OC(CO)[C@H](O)[C@H](O)C1C. The summed E-state index contributed by atoms with van der Waals surface area (Å²) in [7, 11) is -17.3. The minimum absolute atomic E-state index is 0. The third kappa shape index (κ3) is 50.0. The molecule has 0 aliphatic carbocycles. The predicted octanol–water partition coefficient (Wildman–Crippen LogP) is 5.47. The third-order valence-corrected chi connectivity index (χ3v) is 22.4. The van der Waals surface area contributed by atoms with Crippen molar-refractivity contribution in [3.8, 4) is 0 Å². The van der Waals surface area contributed by atoms with Crippen molar-refractivity contribution in [2.45, 2.75) is 265 Å². The van der Waals surface area contributed by atoms with Gasteiger partial charge in [-0.05, 0) is 83.0 Å². The zero-order valence-electron chi connectivity index (χ0n) is 68.2. The molecular weight excluding hydrogens is 1590 g/mol. The fourth-order valence-electron chi connectivity index (χ4n) is 11.6. The molecule has 0 aromatic heterocycles. The minimum atomic E-state index is -5.07. The number of phosphoric ester groups is 4. The molecule has 3 fully saturated rings. The Hall–Kier alpha value is -0.890. The van der Waals surface area contributed by atoms with E-state index in [9.17, 15) is 88.6 Å². The van der Waals surface area contributed by atoms with E-state index in [4.69, 9.17) is 88.3 Å². The molecule has 0 radical (unpaired) electrons. The molecule has 0 saturated carbocycles. The standard InChI is InChI=1S/C67H133NO37P4.2C2H6.CH4/c1-50-51(2)64(103-55(42-70)59(50)74)92-31-14-6-9-17-34-95-106(79,80)99-38-22-28-89-46-67(49-102-109(85,86)98-37-20-12-13-25-54(41-69)45-88-27-21-26-87-5,47-90-29-23-39-100-107(81,82)96-35-18-10-7-15-32-93-65-52(3)60(75)61(76)56(43-71)104-65)48-91-30-24-40-101-108(83,84)97-36-19-11-8-16-33-94-66-58(68-53(4)73)63(78)62(77)57(44-72)105-66;2*1-2;/h50-52,54-66,69-72,74-78H,6-49H2,1-5H3,(H,68,73)(H,79,80)(H,81,82)(H,83,84)(H,85,86);2*1-2H3;1H4/p-2/t50-,51?,52?,54?,55?,56?,57?,58?,59-,60-,61+,62+,63-,64-,65-,66-,67?;;;/m1.../s1. The number of hydrogen-bond acceptors (Lipinski definition) is 35. The van der Waals surface area contributed by atoms with Gasteiger partial charge in [0.2, 0.25) is 5.91 Å². The third-order valence-electron chi connectivity index (χ3n) is 18.4. The average Bonchev–Trinajstić information content (AvgIpc) is 0.674. The van der Waals surface area contributed by atoms with Crippen molar-refractivity contribution in [1.29, 1.82) is 0 Å². The van der Waals surface area contributed by atoms with E-state index in [0.717, 1.165) is 0 Å². The van der Waals surface area contributed by atoms with Crippen molar-refractivity contribution in [2.75, 3.05) is 166 Å². The second-order valence-electron chi connectivity index (χ2n) is 27.8. The molecule has 0 aromatic carbocycles. The first-order valence-electron chi connectivity index (χ1n) is 40.2. The van der Waals surface area contributed by atoms with Crippen LogP contribution in [0.4, 0.5) is 0 Å². The zero-order chi connectivity index (χ0) is 84.6. The molecule has 21 atom stereocenters. The molecule has 0 bridgehead atoms. The van der Waals surface area contributed by atoms with Gasteiger partial charge >= 0.3 is 15.6 Å². The van der Waals surface area contributed by atoms with Crippen LogP contribution in [0.3, 0.4) is 0 Å². The van der Waals surface area contributed by atoms with Crippen molar-refractivity contribution in [2.24, 2.45) is 29.1 Å². The van der Waals surface area contributed by atoms with Gasteiger partial charge in [-0.15, -0.1) is 0 Å². The lowest BCUT2D eigenvalue weighted by molar-refractivity contribution is -0.282. The van der Waals surface area contributed by atoms with Gasteiger partial charge in [0.15, 0.2) is 18.9 Å². The molecule has 42 heteroatoms. The number of aliphatic hydroxyl groups is 9. The van der Waals surface area contributed by atoms with Crippen LogP contribution in [0.5, 0.6) is 0 Å². The van der Waals surface area contributed by atoms with Gasteiger partial charge in [-0.3, -0.25) is 32.0 Å². The second-order valence-corrected chi connectivity index (χ2v) is 33.5. The Bertz CT molecular complexity index is 2430. The Labute approximate surface area is 676 Å². The minimum Gasteiger partial charge on any atom is -0.756 e. The van der Waals surface area contributed by atoms with Crippen molar-refractivity contribution in [1.82, 2.24) is 5.32 Å². The molecule has 38 nitrogen and oxygen atoms in total. The largest absolute Gasteiger partial charge is 0.756 e. The van der Waals surface area contributed by atoms with Gasteiger partial charge in [0.05, 0.1) is 117 Å². The fourth-order valence-corrected chi connectivity index (χ4v) is 14.8. The number of unbranched alkanes of at least 4 members (excludes halogenated alkanes) is 11. The summed E-state index contributed by atoms with van der Waals surface area (Å²) in [6.45, 7) is 11.4. The van der Waals surface area contributed by atoms with Gasteiger partial charge in [-0.2, -0.15) is 0 Å². The van der Waals surface area contributed by atoms with Gasteiger partial charge in [-0.25, -0.2) is 9.13 Å². The smallest absolute Gasteiger partial charge is 0.472 e. The number of nitrogens with one attached hydrogen (secondary N) is 1. The summed E-state index contributed by atoms with van der Waals surface area (Å²) in [5, 5.41) is 92.5. The molecule has 3 heterocycles. The lowest BCUT2D eigenvalue weighted by atomic mass is 9.85. The molecule has 12 N–H and O–H groups in total. The van der Waals surface area contributed by atoms with Crippen molar-refractivity contribution < 1.29 is 177 Å². The van der Waals surface area contributed by atoms with Crippen LogP contribution in [0, 0.1) is 29.1 Å². The van der Waals surface area contributed by atoms with Crippen molar-refractivity contribution in [3.05, 3.63) is 0 Å². The van der Waals surface area contributed by atoms with Gasteiger partial charge in [0.1, 0.15) is 42.7 Å². The van der Waals surface area contributed by atoms with Crippen LogP contribution in [0.25, 0.3) is 0 Å². The summed E-state index contributed by atoms with van der Waals surface area (Å²) in [6, 6.07) is -1.10. The lowest BCUT2D eigenvalue weighted by Gasteiger charge is -2.42. The first-order chi connectivity index (χ1) is 54.0. The maximum Gasteiger partial charge on any atom is 0.472 e. The number of ether oxygens (including phenoxy) is 11. The molecule has 114 heavy (non-hydrogen) atoms. The molecule has 3 aliphatic rings. The van der Waals surface area contributed by atoms with Gasteiger partial charge in [0.25, 0.3) is 15.6 Å². The zero-order valence-corrected chi connectivity index (χ0v) is 71.8. The van der Waals surface area contributed by atoms with E-state index in [1.54, 1.807) is 14.0 Å². The molecule has 0 aromatic rings. The number of aliphatic hydroxyl groups excluding tert-OH is 9. The first kappa shape index (κ1) is 113. The molecule has 3 saturated heterocycles. The van der Waals surface area contributed by atoms with Gasteiger partial charge < -0.3 is 141 Å². The number of carbonyl (C=O) groups is 1. The van der Waals surface area contributed by atoms with E-state index in [0.29, 0.717) is 136 Å². The molecule has 1 amide bonds. The summed E-state index contributed by atoms with van der Waals surface area (Å²) in [6.07, 6.45) is -2.29. The highest BCUT2D eigenvalue weighted by Crippen LogP contribution is 2.45. The monoisotopic (exact) mass is 1740 g/mol. The Kier molecular flexibility index (Phi) is 66.1. The van der Waals surface area contributed by atoms with Crippen LogP contribution in [0.15, 0.2) is 0 Å². The molecule has 684 valence electrons. The fraction of sp³-hybridized carbons (Fsp3) is 0.986. The maximum absolute atomic E-state index is 13.4. The second kappa shape index (κ2) is 66.6. The van der Waals surface area contributed by atoms with Gasteiger partial charge in [0, 0.05) is 91.2 Å². The normalized spacial score (nSPS) is 26.7. The summed E-state index contributed by atoms with van der Waals surface area (Å²) in [5.74, 6) is -1.41. The average molecular weight is 1740 g/mol. The van der Waals surface area contributed by atoms with Crippen LogP contribution < -0.4 is 15.1 Å². The van der Waals surface area contributed by atoms with Crippen molar-refractivity contribution >= 4 is 37.2 Å². The summed E-state index contributed by atoms with van der Waals surface area (Å²) >= 11 is 0. The van der Waals surface area contributed by atoms with E-state index >= 15 is 0 Å². The highest BCUT2D eigenvalue weighted by Gasteiger charge is 2.46.